The number of hydrogen-bond acceptors (Lipinski definition) is 3. The predicted molar refractivity (Wildman–Crippen MR) is 63.2 cm³/mol. The molecule has 0 saturated heterocycles. The minimum atomic E-state index is -5.01. The topological polar surface area (TPSA) is 173 Å². The van der Waals surface area contributed by atoms with Crippen molar-refractivity contribution in [2.75, 3.05) is 6.16 Å². The van der Waals surface area contributed by atoms with Crippen LogP contribution in [0, 0.1) is 0 Å². The average molecular weight is 324 g/mol. The third-order valence-electron chi connectivity index (χ3n) is 1.91. The summed E-state index contributed by atoms with van der Waals surface area (Å²) in [5.41, 5.74) is 0.0928. The highest BCUT2D eigenvalue weighted by atomic mass is 31.2. The molecule has 0 aromatic heterocycles. The summed E-state index contributed by atoms with van der Waals surface area (Å²) in [5.74, 6) is 0. The van der Waals surface area contributed by atoms with E-state index >= 15 is 0 Å². The van der Waals surface area contributed by atoms with E-state index in [1.54, 1.807) is 0 Å². The van der Waals surface area contributed by atoms with Crippen LogP contribution in [0.5, 0.6) is 0 Å². The van der Waals surface area contributed by atoms with Crippen molar-refractivity contribution >= 4 is 22.8 Å². The molecule has 0 aliphatic heterocycles. The number of hydrogen-bond donors (Lipinski definition) is 6. The quantitative estimate of drug-likeness (QED) is 0.294. The molecule has 9 nitrogen and oxygen atoms in total. The van der Waals surface area contributed by atoms with Gasteiger partial charge in [-0.2, -0.15) is 0 Å². The van der Waals surface area contributed by atoms with Gasteiger partial charge in [-0.1, -0.05) is 11.6 Å². The highest BCUT2D eigenvalue weighted by Gasteiger charge is 2.42. The van der Waals surface area contributed by atoms with Crippen molar-refractivity contribution in [2.45, 2.75) is 18.7 Å². The molecule has 0 amide bonds. The van der Waals surface area contributed by atoms with Gasteiger partial charge in [-0.05, 0) is 13.3 Å². The molecule has 0 aliphatic carbocycles. The molecule has 0 radical (unpaired) electrons. The SMILES string of the molecule is C/C(=C\CC(P(=O)(O)O)P(=O)(O)O)CP(=O)(O)O. The van der Waals surface area contributed by atoms with Gasteiger partial charge < -0.3 is 29.4 Å². The summed E-state index contributed by atoms with van der Waals surface area (Å²) in [6.45, 7) is 1.29. The Bertz CT molecular complexity index is 429. The average Bonchev–Trinajstić information content (AvgIpc) is 1.93. The Balaban J connectivity index is 4.96. The standard InChI is InChI=1S/C6H15O9P3/c1-5(4-16(7,8)9)2-3-6(17(10,11)12)18(13,14)15/h2,6H,3-4H2,1H3,(H2,7,8,9)(H2,10,11,12)(H2,13,14,15)/b5-2+. The van der Waals surface area contributed by atoms with Crippen LogP contribution in [0.3, 0.4) is 0 Å². The molecule has 12 heteroatoms. The Hall–Kier alpha value is 0.190. The molecule has 108 valence electrons. The molecule has 0 aliphatic rings. The molecule has 0 saturated carbocycles. The molecule has 0 bridgehead atoms. The van der Waals surface area contributed by atoms with Gasteiger partial charge in [-0.3, -0.25) is 13.7 Å². The third kappa shape index (κ3) is 7.59. The summed E-state index contributed by atoms with van der Waals surface area (Å²) in [6.07, 6.45) is -0.301. The summed E-state index contributed by atoms with van der Waals surface area (Å²) >= 11 is 0. The minimum Gasteiger partial charge on any atom is -0.324 e. The predicted octanol–water partition coefficient (Wildman–Crippen LogP) is 0.182. The highest BCUT2D eigenvalue weighted by Crippen LogP contribution is 2.61. The Morgan fingerprint density at radius 3 is 1.67 bits per heavy atom. The molecular formula is C6H15O9P3. The molecule has 18 heavy (non-hydrogen) atoms. The third-order valence-corrected chi connectivity index (χ3v) is 6.60. The minimum absolute atomic E-state index is 0.0928. The maximum atomic E-state index is 10.9. The molecule has 0 fully saturated rings. The van der Waals surface area contributed by atoms with Crippen LogP contribution in [0.2, 0.25) is 0 Å². The Morgan fingerprint density at radius 2 is 1.39 bits per heavy atom. The molecular weight excluding hydrogens is 309 g/mol. The van der Waals surface area contributed by atoms with Crippen LogP contribution in [0.4, 0.5) is 0 Å². The van der Waals surface area contributed by atoms with E-state index < -0.39 is 40.8 Å². The smallest absolute Gasteiger partial charge is 0.324 e. The largest absolute Gasteiger partial charge is 0.341 e. The summed E-state index contributed by atoms with van der Waals surface area (Å²) in [5, 5.41) is -2.20. The normalized spacial score (nSPS) is 15.2. The fourth-order valence-corrected chi connectivity index (χ4v) is 4.27. The van der Waals surface area contributed by atoms with Crippen LogP contribution in [-0.4, -0.2) is 40.9 Å². The van der Waals surface area contributed by atoms with Gasteiger partial charge in [0, 0.05) is 0 Å². The maximum absolute atomic E-state index is 10.9. The van der Waals surface area contributed by atoms with Gasteiger partial charge in [0.05, 0.1) is 6.16 Å². The lowest BCUT2D eigenvalue weighted by atomic mass is 10.3. The second kappa shape index (κ2) is 6.09. The van der Waals surface area contributed by atoms with Gasteiger partial charge in [-0.25, -0.2) is 0 Å². The second-order valence-electron chi connectivity index (χ2n) is 3.77. The van der Waals surface area contributed by atoms with E-state index in [1.807, 2.05) is 0 Å². The fourth-order valence-electron chi connectivity index (χ4n) is 1.17. The van der Waals surface area contributed by atoms with Crippen LogP contribution in [0.25, 0.3) is 0 Å². The van der Waals surface area contributed by atoms with Crippen LogP contribution < -0.4 is 0 Å². The lowest BCUT2D eigenvalue weighted by molar-refractivity contribution is 0.338. The van der Waals surface area contributed by atoms with Crippen molar-refractivity contribution in [3.05, 3.63) is 11.6 Å². The van der Waals surface area contributed by atoms with Gasteiger partial charge in [0.15, 0.2) is 5.40 Å². The van der Waals surface area contributed by atoms with Gasteiger partial charge in [0.2, 0.25) is 0 Å². The van der Waals surface area contributed by atoms with Crippen LogP contribution in [0.15, 0.2) is 11.6 Å². The fraction of sp³-hybridized carbons (Fsp3) is 0.667. The monoisotopic (exact) mass is 324 g/mol. The lowest BCUT2D eigenvalue weighted by Crippen LogP contribution is -2.08. The zero-order chi connectivity index (χ0) is 14.8. The molecule has 0 aromatic carbocycles. The highest BCUT2D eigenvalue weighted by molar-refractivity contribution is 7.70. The zero-order valence-electron chi connectivity index (χ0n) is 9.32. The summed E-state index contributed by atoms with van der Waals surface area (Å²) in [7, 11) is -14.3. The first-order chi connectivity index (χ1) is 7.73. The first kappa shape index (κ1) is 18.2. The molecule has 0 spiro atoms. The van der Waals surface area contributed by atoms with Crippen LogP contribution in [0.1, 0.15) is 13.3 Å². The van der Waals surface area contributed by atoms with E-state index in [-0.39, 0.29) is 5.57 Å². The van der Waals surface area contributed by atoms with Crippen molar-refractivity contribution in [1.82, 2.24) is 0 Å². The van der Waals surface area contributed by atoms with Gasteiger partial charge >= 0.3 is 22.8 Å². The number of rotatable bonds is 6. The molecule has 0 rings (SSSR count). The van der Waals surface area contributed by atoms with Crippen molar-refractivity contribution in [3.63, 3.8) is 0 Å². The summed E-state index contributed by atoms with van der Waals surface area (Å²) < 4.78 is 32.4. The van der Waals surface area contributed by atoms with Gasteiger partial charge in [0.25, 0.3) is 0 Å². The van der Waals surface area contributed by atoms with Crippen molar-refractivity contribution in [2.24, 2.45) is 0 Å². The van der Waals surface area contributed by atoms with Crippen molar-refractivity contribution in [1.29, 1.82) is 0 Å². The molecule has 0 heterocycles. The van der Waals surface area contributed by atoms with Crippen molar-refractivity contribution in [3.8, 4) is 0 Å². The Kier molecular flexibility index (Phi) is 6.16. The first-order valence-corrected chi connectivity index (χ1v) is 9.70. The number of allylic oxidation sites excluding steroid dienone is 2. The molecule has 0 aromatic rings. The maximum Gasteiger partial charge on any atom is 0.341 e. The first-order valence-electron chi connectivity index (χ1n) is 4.54. The van der Waals surface area contributed by atoms with Crippen LogP contribution in [-0.2, 0) is 13.7 Å². The van der Waals surface area contributed by atoms with E-state index in [2.05, 4.69) is 0 Å². The summed E-state index contributed by atoms with van der Waals surface area (Å²) in [6, 6.07) is 0. The second-order valence-corrected chi connectivity index (χ2v) is 9.42. The summed E-state index contributed by atoms with van der Waals surface area (Å²) in [4.78, 5) is 52.5. The molecule has 0 unspecified atom stereocenters. The van der Waals surface area contributed by atoms with E-state index in [0.717, 1.165) is 6.08 Å². The Labute approximate surface area is 103 Å². The van der Waals surface area contributed by atoms with E-state index in [9.17, 15) is 13.7 Å². The van der Waals surface area contributed by atoms with E-state index in [4.69, 9.17) is 29.4 Å². The van der Waals surface area contributed by atoms with Gasteiger partial charge in [0.1, 0.15) is 0 Å². The van der Waals surface area contributed by atoms with Crippen molar-refractivity contribution < 1.29 is 43.1 Å². The molecule has 6 N–H and O–H groups in total. The van der Waals surface area contributed by atoms with Gasteiger partial charge in [-0.15, -0.1) is 0 Å². The Morgan fingerprint density at radius 1 is 1.00 bits per heavy atom. The zero-order valence-corrected chi connectivity index (χ0v) is 12.0. The lowest BCUT2D eigenvalue weighted by Gasteiger charge is -2.18. The van der Waals surface area contributed by atoms with Crippen LogP contribution >= 0.6 is 22.8 Å². The van der Waals surface area contributed by atoms with E-state index in [0.29, 0.717) is 0 Å². The van der Waals surface area contributed by atoms with E-state index in [1.165, 1.54) is 6.92 Å². The molecule has 0 atom stereocenters.